The van der Waals surface area contributed by atoms with Gasteiger partial charge in [-0.15, -0.1) is 0 Å². The number of benzene rings is 3. The standard InChI is InChI=1S/C44H53N7O/c1-27(2)40(45-3)43(52)51-24-8-10-38(51)41-46-26-36(49-41)29-13-11-28(12-14-29)32-17-16-31(33-19-22-44(39(32)33)20-5-6-21-44)30-15-18-34-35(25-30)48-42(47-34)37-9-7-23-50(37)4/h11-18,25-27,37-38,40,45H,5-10,19-24H2,1-4H3,(H,46,49)(H,47,48). The van der Waals surface area contributed by atoms with Crippen LogP contribution in [-0.4, -0.2) is 68.9 Å². The highest BCUT2D eigenvalue weighted by Crippen LogP contribution is 2.55. The molecule has 3 unspecified atom stereocenters. The quantitative estimate of drug-likeness (QED) is 0.151. The van der Waals surface area contributed by atoms with Crippen molar-refractivity contribution in [3.8, 4) is 33.5 Å². The van der Waals surface area contributed by atoms with E-state index in [-0.39, 0.29) is 29.3 Å². The predicted octanol–water partition coefficient (Wildman–Crippen LogP) is 8.72. The van der Waals surface area contributed by atoms with Gasteiger partial charge in [0.25, 0.3) is 0 Å². The molecule has 1 amide bonds. The Morgan fingerprint density at radius 1 is 0.846 bits per heavy atom. The van der Waals surface area contributed by atoms with Crippen LogP contribution < -0.4 is 5.32 Å². The molecule has 270 valence electrons. The van der Waals surface area contributed by atoms with Crippen molar-refractivity contribution < 1.29 is 4.79 Å². The molecule has 8 heteroatoms. The maximum absolute atomic E-state index is 13.5. The smallest absolute Gasteiger partial charge is 0.240 e. The van der Waals surface area contributed by atoms with Gasteiger partial charge in [0.1, 0.15) is 11.6 Å². The number of imidazole rings is 2. The summed E-state index contributed by atoms with van der Waals surface area (Å²) in [6, 6.07) is 20.9. The lowest BCUT2D eigenvalue weighted by Crippen LogP contribution is -2.47. The van der Waals surface area contributed by atoms with Crippen molar-refractivity contribution in [1.82, 2.24) is 35.1 Å². The monoisotopic (exact) mass is 695 g/mol. The number of likely N-dealkylation sites (N-methyl/N-ethyl adjacent to an activating group) is 1. The van der Waals surface area contributed by atoms with E-state index in [0.717, 1.165) is 66.3 Å². The van der Waals surface area contributed by atoms with Crippen LogP contribution in [0.1, 0.15) is 106 Å². The van der Waals surface area contributed by atoms with Crippen LogP contribution in [0.15, 0.2) is 60.8 Å². The number of carbonyl (C=O) groups excluding carboxylic acids is 1. The Hall–Kier alpha value is -4.27. The molecule has 3 fully saturated rings. The zero-order valence-corrected chi connectivity index (χ0v) is 31.3. The molecule has 52 heavy (non-hydrogen) atoms. The van der Waals surface area contributed by atoms with Gasteiger partial charge >= 0.3 is 0 Å². The van der Waals surface area contributed by atoms with Gasteiger partial charge in [-0.2, -0.15) is 0 Å². The van der Waals surface area contributed by atoms with Gasteiger partial charge in [-0.3, -0.25) is 9.69 Å². The number of amides is 1. The molecule has 8 nitrogen and oxygen atoms in total. The third kappa shape index (κ3) is 5.61. The van der Waals surface area contributed by atoms with E-state index in [1.165, 1.54) is 67.2 Å². The van der Waals surface area contributed by atoms with E-state index < -0.39 is 0 Å². The summed E-state index contributed by atoms with van der Waals surface area (Å²) < 4.78 is 0. The summed E-state index contributed by atoms with van der Waals surface area (Å²) in [4.78, 5) is 35.1. The van der Waals surface area contributed by atoms with Gasteiger partial charge < -0.3 is 20.2 Å². The molecular formula is C44H53N7O. The number of hydrogen-bond donors (Lipinski definition) is 3. The van der Waals surface area contributed by atoms with Crippen LogP contribution in [0.25, 0.3) is 44.5 Å². The fraction of sp³-hybridized carbons (Fsp3) is 0.477. The van der Waals surface area contributed by atoms with E-state index in [9.17, 15) is 4.79 Å². The Morgan fingerprint density at radius 3 is 2.33 bits per heavy atom. The summed E-state index contributed by atoms with van der Waals surface area (Å²) >= 11 is 0. The number of aromatic amines is 2. The SMILES string of the molecule is CNC(C(=O)N1CCCC1c1ncc(-c2ccc(-c3ccc(-c4ccc5[nH]c(C6CCCN6C)nc5c4)c4c3C3(CCCC3)CC4)cc2)[nH]1)C(C)C. The summed E-state index contributed by atoms with van der Waals surface area (Å²) in [6.07, 6.45) is 13.9. The normalized spacial score (nSPS) is 22.0. The molecular weight excluding hydrogens is 643 g/mol. The fourth-order valence-electron chi connectivity index (χ4n) is 10.4. The van der Waals surface area contributed by atoms with Gasteiger partial charge in [0.15, 0.2) is 0 Å². The Bertz CT molecular complexity index is 2100. The number of rotatable bonds is 8. The van der Waals surface area contributed by atoms with Crippen LogP contribution in [-0.2, 0) is 16.6 Å². The average Bonchev–Trinajstić information content (AvgIpc) is 4.01. The lowest BCUT2D eigenvalue weighted by Gasteiger charge is -2.29. The molecule has 2 saturated heterocycles. The highest BCUT2D eigenvalue weighted by Gasteiger charge is 2.43. The van der Waals surface area contributed by atoms with E-state index >= 15 is 0 Å². The Kier molecular flexibility index (Phi) is 8.58. The number of fused-ring (bicyclic) bond motifs is 3. The van der Waals surface area contributed by atoms with Crippen molar-refractivity contribution in [3.05, 3.63) is 83.6 Å². The number of carbonyl (C=O) groups is 1. The van der Waals surface area contributed by atoms with Crippen LogP contribution in [0.5, 0.6) is 0 Å². The summed E-state index contributed by atoms with van der Waals surface area (Å²) in [5.41, 5.74) is 13.1. The third-order valence-electron chi connectivity index (χ3n) is 13.1. The van der Waals surface area contributed by atoms with E-state index in [1.807, 2.05) is 18.1 Å². The Morgan fingerprint density at radius 2 is 1.58 bits per heavy atom. The first kappa shape index (κ1) is 33.6. The minimum absolute atomic E-state index is 0.0105. The molecule has 3 N–H and O–H groups in total. The van der Waals surface area contributed by atoms with Gasteiger partial charge in [0.05, 0.1) is 41.0 Å². The summed E-state index contributed by atoms with van der Waals surface area (Å²) in [5.74, 6) is 2.39. The molecule has 2 aliphatic carbocycles. The number of H-pyrrole nitrogens is 2. The summed E-state index contributed by atoms with van der Waals surface area (Å²) in [6.45, 7) is 6.11. The van der Waals surface area contributed by atoms with Crippen molar-refractivity contribution in [2.75, 3.05) is 27.2 Å². The molecule has 1 spiro atoms. The zero-order valence-electron chi connectivity index (χ0n) is 31.3. The molecule has 2 aliphatic heterocycles. The lowest BCUT2D eigenvalue weighted by molar-refractivity contribution is -0.135. The van der Waals surface area contributed by atoms with Gasteiger partial charge in [-0.05, 0) is 134 Å². The Balaban J connectivity index is 1.02. The van der Waals surface area contributed by atoms with Crippen molar-refractivity contribution >= 4 is 16.9 Å². The Labute approximate surface area is 307 Å². The minimum Gasteiger partial charge on any atom is -0.341 e. The number of aromatic nitrogens is 4. The van der Waals surface area contributed by atoms with Gasteiger partial charge in [-0.1, -0.05) is 69.2 Å². The molecule has 0 radical (unpaired) electrons. The van der Waals surface area contributed by atoms with Gasteiger partial charge in [-0.25, -0.2) is 9.97 Å². The maximum atomic E-state index is 13.5. The van der Waals surface area contributed by atoms with Crippen LogP contribution >= 0.6 is 0 Å². The molecule has 4 heterocycles. The minimum atomic E-state index is -0.182. The van der Waals surface area contributed by atoms with Gasteiger partial charge in [0.2, 0.25) is 5.91 Å². The van der Waals surface area contributed by atoms with Crippen molar-refractivity contribution in [3.63, 3.8) is 0 Å². The summed E-state index contributed by atoms with van der Waals surface area (Å²) in [5, 5.41) is 3.23. The predicted molar refractivity (Wildman–Crippen MR) is 209 cm³/mol. The lowest BCUT2D eigenvalue weighted by atomic mass is 9.76. The maximum Gasteiger partial charge on any atom is 0.240 e. The number of nitrogens with one attached hydrogen (secondary N) is 3. The van der Waals surface area contributed by atoms with Crippen LogP contribution in [0.2, 0.25) is 0 Å². The average molecular weight is 696 g/mol. The molecule has 3 aromatic carbocycles. The number of nitrogens with zero attached hydrogens (tertiary/aromatic N) is 4. The van der Waals surface area contributed by atoms with Crippen molar-refractivity contribution in [2.24, 2.45) is 5.92 Å². The second kappa shape index (κ2) is 13.3. The molecule has 1 saturated carbocycles. The van der Waals surface area contributed by atoms with E-state index in [2.05, 4.69) is 95.7 Å². The largest absolute Gasteiger partial charge is 0.341 e. The molecule has 4 aliphatic rings. The zero-order chi connectivity index (χ0) is 35.6. The van der Waals surface area contributed by atoms with E-state index in [0.29, 0.717) is 6.04 Å². The number of likely N-dealkylation sites (tertiary alicyclic amines) is 2. The summed E-state index contributed by atoms with van der Waals surface area (Å²) in [7, 11) is 4.09. The van der Waals surface area contributed by atoms with E-state index in [4.69, 9.17) is 9.97 Å². The molecule has 0 bridgehead atoms. The third-order valence-corrected chi connectivity index (χ3v) is 13.1. The second-order valence-electron chi connectivity index (χ2n) is 16.5. The molecule has 3 atom stereocenters. The highest BCUT2D eigenvalue weighted by atomic mass is 16.2. The van der Waals surface area contributed by atoms with Gasteiger partial charge in [0, 0.05) is 6.54 Å². The van der Waals surface area contributed by atoms with Crippen molar-refractivity contribution in [1.29, 1.82) is 0 Å². The van der Waals surface area contributed by atoms with Crippen LogP contribution in [0.4, 0.5) is 0 Å². The molecule has 2 aromatic heterocycles. The van der Waals surface area contributed by atoms with E-state index in [1.54, 1.807) is 11.1 Å². The first-order chi connectivity index (χ1) is 25.3. The topological polar surface area (TPSA) is 92.9 Å². The van der Waals surface area contributed by atoms with Crippen LogP contribution in [0.3, 0.4) is 0 Å². The first-order valence-corrected chi connectivity index (χ1v) is 19.8. The first-order valence-electron chi connectivity index (χ1n) is 19.8. The van der Waals surface area contributed by atoms with Crippen molar-refractivity contribution in [2.45, 2.75) is 102 Å². The second-order valence-corrected chi connectivity index (χ2v) is 16.5. The fourth-order valence-corrected chi connectivity index (χ4v) is 10.4. The van der Waals surface area contributed by atoms with Crippen LogP contribution in [0, 0.1) is 5.92 Å². The number of hydrogen-bond acceptors (Lipinski definition) is 5. The highest BCUT2D eigenvalue weighted by molar-refractivity contribution is 5.86. The molecule has 5 aromatic rings. The molecule has 9 rings (SSSR count).